The van der Waals surface area contributed by atoms with E-state index in [4.69, 9.17) is 14.2 Å². The fourth-order valence-electron chi connectivity index (χ4n) is 7.27. The van der Waals surface area contributed by atoms with Gasteiger partial charge in [-0.05, 0) is 67.8 Å². The summed E-state index contributed by atoms with van der Waals surface area (Å²) in [6, 6.07) is 0. The summed E-state index contributed by atoms with van der Waals surface area (Å²) in [7, 11) is 0. The normalized spacial score (nSPS) is 43.3. The minimum atomic E-state index is -2.07. The Kier molecular flexibility index (Phi) is 11.2. The van der Waals surface area contributed by atoms with Crippen LogP contribution >= 0.6 is 0 Å². The first kappa shape index (κ1) is 39.7. The highest BCUT2D eigenvalue weighted by Gasteiger charge is 2.53. The molecule has 15 N–H and O–H groups in total. The number of rotatable bonds is 6. The van der Waals surface area contributed by atoms with Gasteiger partial charge < -0.3 is 90.8 Å². The minimum Gasteiger partial charge on any atom is -0.484 e. The molecule has 3 fully saturated rings. The molecule has 0 aliphatic heterocycles. The lowest BCUT2D eigenvalue weighted by Crippen LogP contribution is -2.65. The average Bonchev–Trinajstić information content (AvgIpc) is 3.11. The third kappa shape index (κ3) is 6.24. The van der Waals surface area contributed by atoms with Crippen LogP contribution in [0.4, 0.5) is 0 Å². The third-order valence-electron chi connectivity index (χ3n) is 11.0. The van der Waals surface area contributed by atoms with E-state index in [2.05, 4.69) is 0 Å². The largest absolute Gasteiger partial charge is 0.484 e. The summed E-state index contributed by atoms with van der Waals surface area (Å²) in [5.41, 5.74) is 2.17. The van der Waals surface area contributed by atoms with Gasteiger partial charge in [-0.15, -0.1) is 0 Å². The maximum Gasteiger partial charge on any atom is 0.173 e. The second-order valence-electron chi connectivity index (χ2n) is 14.0. The lowest BCUT2D eigenvalue weighted by Gasteiger charge is -2.44. The molecule has 51 heavy (non-hydrogen) atoms. The van der Waals surface area contributed by atoms with E-state index in [1.807, 2.05) is 0 Å². The van der Waals surface area contributed by atoms with E-state index in [0.717, 1.165) is 0 Å². The number of hydrogen-bond donors (Lipinski definition) is 15. The summed E-state index contributed by atoms with van der Waals surface area (Å²) in [6.07, 6.45) is -35.8. The van der Waals surface area contributed by atoms with Crippen LogP contribution in [0.3, 0.4) is 0 Å². The molecule has 0 bridgehead atoms. The van der Waals surface area contributed by atoms with Crippen molar-refractivity contribution in [2.45, 2.75) is 144 Å². The van der Waals surface area contributed by atoms with E-state index in [0.29, 0.717) is 27.6 Å². The first-order valence-electron chi connectivity index (χ1n) is 16.4. The zero-order valence-corrected chi connectivity index (χ0v) is 28.3. The molecule has 288 valence electrons. The van der Waals surface area contributed by atoms with Gasteiger partial charge in [0.25, 0.3) is 0 Å². The lowest BCUT2D eigenvalue weighted by molar-refractivity contribution is -0.220. The van der Waals surface area contributed by atoms with Gasteiger partial charge in [0, 0.05) is 0 Å². The lowest BCUT2D eigenvalue weighted by atomic mass is 9.83. The quantitative estimate of drug-likeness (QED) is 0.131. The number of hydrogen-bond acceptors (Lipinski definition) is 18. The highest BCUT2D eigenvalue weighted by atomic mass is 16.6. The number of fused-ring (bicyclic) bond motifs is 1. The molecule has 3 aliphatic carbocycles. The Hall–Kier alpha value is -2.50. The molecular formula is C33H48O18. The fraction of sp³-hybridized carbons (Fsp3) is 0.697. The zero-order chi connectivity index (χ0) is 38.3. The number of aryl methyl sites for hydroxylation is 2. The Bertz CT molecular complexity index is 1560. The molecule has 18 nitrogen and oxygen atoms in total. The predicted molar refractivity (Wildman–Crippen MR) is 171 cm³/mol. The van der Waals surface area contributed by atoms with Crippen molar-refractivity contribution in [2.24, 2.45) is 0 Å². The van der Waals surface area contributed by atoms with E-state index < -0.39 is 116 Å². The Labute approximate surface area is 291 Å². The molecule has 0 aromatic heterocycles. The van der Waals surface area contributed by atoms with Crippen LogP contribution in [0.15, 0.2) is 0 Å². The molecule has 3 aliphatic rings. The highest BCUT2D eigenvalue weighted by molar-refractivity contribution is 6.03. The van der Waals surface area contributed by atoms with Gasteiger partial charge in [-0.25, -0.2) is 0 Å². The first-order chi connectivity index (χ1) is 23.7. The van der Waals surface area contributed by atoms with Gasteiger partial charge in [0.1, 0.15) is 97.3 Å². The number of ether oxygens (including phenoxy) is 3. The second-order valence-corrected chi connectivity index (χ2v) is 14.0. The molecule has 18 heteroatoms. The van der Waals surface area contributed by atoms with Crippen molar-refractivity contribution < 1.29 is 90.8 Å². The summed E-state index contributed by atoms with van der Waals surface area (Å²) in [5, 5.41) is 159. The minimum absolute atomic E-state index is 0.0846. The topological polar surface area (TPSA) is 331 Å². The summed E-state index contributed by atoms with van der Waals surface area (Å²) in [5.74, 6) is -1.04. The van der Waals surface area contributed by atoms with E-state index >= 15 is 0 Å². The van der Waals surface area contributed by atoms with Crippen molar-refractivity contribution in [1.29, 1.82) is 0 Å². The Morgan fingerprint density at radius 3 is 0.824 bits per heavy atom. The van der Waals surface area contributed by atoms with Gasteiger partial charge in [-0.2, -0.15) is 0 Å². The van der Waals surface area contributed by atoms with E-state index in [1.165, 1.54) is 6.92 Å². The smallest absolute Gasteiger partial charge is 0.173 e. The van der Waals surface area contributed by atoms with Crippen molar-refractivity contribution in [3.05, 3.63) is 27.8 Å². The second kappa shape index (κ2) is 14.4. The summed E-state index contributed by atoms with van der Waals surface area (Å²) >= 11 is 0. The van der Waals surface area contributed by atoms with Crippen LogP contribution in [-0.2, 0) is 0 Å². The van der Waals surface area contributed by atoms with Gasteiger partial charge in [0.2, 0.25) is 0 Å². The van der Waals surface area contributed by atoms with Gasteiger partial charge in [0.15, 0.2) is 29.8 Å². The molecule has 2 aromatic rings. The van der Waals surface area contributed by atoms with E-state index in [9.17, 15) is 76.6 Å². The molecule has 5 rings (SSSR count). The summed E-state index contributed by atoms with van der Waals surface area (Å²) in [4.78, 5) is 0. The third-order valence-corrected chi connectivity index (χ3v) is 11.0. The van der Waals surface area contributed by atoms with Crippen LogP contribution < -0.4 is 14.2 Å². The molecule has 18 atom stereocenters. The molecular weight excluding hydrogens is 684 g/mol. The molecule has 6 unspecified atom stereocenters. The highest BCUT2D eigenvalue weighted by Crippen LogP contribution is 2.51. The van der Waals surface area contributed by atoms with Crippen LogP contribution in [0.5, 0.6) is 17.2 Å². The number of aliphatic hydroxyl groups is 15. The van der Waals surface area contributed by atoms with E-state index in [1.54, 1.807) is 27.7 Å². The van der Waals surface area contributed by atoms with Crippen molar-refractivity contribution in [3.8, 4) is 17.2 Å². The van der Waals surface area contributed by atoms with Crippen LogP contribution in [0.25, 0.3) is 10.8 Å². The van der Waals surface area contributed by atoms with Crippen molar-refractivity contribution in [3.63, 3.8) is 0 Å². The molecule has 0 radical (unpaired) electrons. The number of benzene rings is 2. The Morgan fingerprint density at radius 1 is 0.255 bits per heavy atom. The van der Waals surface area contributed by atoms with Gasteiger partial charge in [-0.3, -0.25) is 0 Å². The summed E-state index contributed by atoms with van der Waals surface area (Å²) in [6.45, 7) is 8.14. The SMILES string of the molecule is Cc1c(C)c(OC2[C@@H](O)[C@H](O)C(O)[C@H](O)[C@H]2O)c2c(OC3[C@@H](O)[C@H](O)C(O)[C@H](O)[C@H]3O)c(OC3[C@@H](O)[C@H](O)C(O)[C@H](O)[C@H]3O)c(C)c(C)c2c1C. The van der Waals surface area contributed by atoms with Gasteiger partial charge in [0.05, 0.1) is 5.39 Å². The van der Waals surface area contributed by atoms with Crippen molar-refractivity contribution in [2.75, 3.05) is 0 Å². The molecule has 0 spiro atoms. The van der Waals surface area contributed by atoms with Crippen LogP contribution in [0.1, 0.15) is 27.8 Å². The maximum atomic E-state index is 11.0. The zero-order valence-electron chi connectivity index (χ0n) is 28.3. The van der Waals surface area contributed by atoms with Crippen LogP contribution in [-0.4, -0.2) is 186 Å². The van der Waals surface area contributed by atoms with Crippen molar-refractivity contribution in [1.82, 2.24) is 0 Å². The standard InChI is InChI=1S/C33H48O18/c1-6-7(2)11-8(3)10(5)29(50-32-24(45)18(39)14(35)19(40)25(32)46)30(51-33-26(47)20(41)15(36)21(42)27(33)48)12(11)28(9(6)4)49-31-22(43)16(37)13(34)17(38)23(31)44/h13-27,31-48H,1-5H3/t13?,14?,15?,16-,17+,18-,19+,20-,21+,22+,23-,24+,25-,26+,27-,31?,32?,33?. The molecule has 0 saturated heterocycles. The fourth-order valence-corrected chi connectivity index (χ4v) is 7.27. The number of aliphatic hydroxyl groups excluding tert-OH is 15. The van der Waals surface area contributed by atoms with Crippen LogP contribution in [0, 0.1) is 34.6 Å². The van der Waals surface area contributed by atoms with Crippen LogP contribution in [0.2, 0.25) is 0 Å². The molecule has 0 amide bonds. The Balaban J connectivity index is 1.82. The van der Waals surface area contributed by atoms with Gasteiger partial charge in [-0.1, -0.05) is 0 Å². The Morgan fingerprint density at radius 2 is 0.490 bits per heavy atom. The van der Waals surface area contributed by atoms with Gasteiger partial charge >= 0.3 is 0 Å². The maximum absolute atomic E-state index is 11.0. The summed E-state index contributed by atoms with van der Waals surface area (Å²) < 4.78 is 18.5. The first-order valence-corrected chi connectivity index (χ1v) is 16.4. The van der Waals surface area contributed by atoms with E-state index in [-0.39, 0.29) is 22.4 Å². The molecule has 2 aromatic carbocycles. The predicted octanol–water partition coefficient (Wildman–Crippen LogP) is -5.92. The monoisotopic (exact) mass is 732 g/mol. The van der Waals surface area contributed by atoms with Crippen molar-refractivity contribution >= 4 is 10.8 Å². The molecule has 3 saturated carbocycles. The molecule has 0 heterocycles. The average molecular weight is 733 g/mol.